The third-order valence-corrected chi connectivity index (χ3v) is 6.21. The Bertz CT molecular complexity index is 930. The Morgan fingerprint density at radius 3 is 3.12 bits per heavy atom. The lowest BCUT2D eigenvalue weighted by molar-refractivity contribution is -0.113. The highest BCUT2D eigenvalue weighted by Crippen LogP contribution is 2.37. The van der Waals surface area contributed by atoms with E-state index in [2.05, 4.69) is 33.7 Å². The van der Waals surface area contributed by atoms with Crippen LogP contribution in [0.3, 0.4) is 0 Å². The number of carbonyl (C=O) groups is 1. The number of thiophene rings is 1. The molecule has 0 aliphatic heterocycles. The first-order chi connectivity index (χ1) is 12.6. The molecule has 26 heavy (non-hydrogen) atoms. The second-order valence-electron chi connectivity index (χ2n) is 6.44. The fourth-order valence-electron chi connectivity index (χ4n) is 2.91. The molecule has 3 heterocycles. The average Bonchev–Trinajstić information content (AvgIpc) is 3.32. The van der Waals surface area contributed by atoms with Gasteiger partial charge in [0.05, 0.1) is 10.6 Å². The number of nitrogens with one attached hydrogen (secondary N) is 1. The third kappa shape index (κ3) is 3.83. The summed E-state index contributed by atoms with van der Waals surface area (Å²) in [4.78, 5) is 14.4. The van der Waals surface area contributed by atoms with Gasteiger partial charge in [0.1, 0.15) is 5.76 Å². The van der Waals surface area contributed by atoms with E-state index in [1.165, 1.54) is 28.6 Å². The van der Waals surface area contributed by atoms with E-state index in [-0.39, 0.29) is 11.7 Å². The molecule has 0 aromatic carbocycles. The summed E-state index contributed by atoms with van der Waals surface area (Å²) >= 11 is 2.93. The molecule has 0 saturated carbocycles. The number of anilines is 1. The molecule has 3 aromatic heterocycles. The van der Waals surface area contributed by atoms with Gasteiger partial charge in [-0.3, -0.25) is 4.79 Å². The molecule has 0 saturated heterocycles. The van der Waals surface area contributed by atoms with Gasteiger partial charge in [0.2, 0.25) is 5.91 Å². The van der Waals surface area contributed by atoms with Crippen molar-refractivity contribution in [3.63, 3.8) is 0 Å². The summed E-state index contributed by atoms with van der Waals surface area (Å²) in [7, 11) is 0. The Kier molecular flexibility index (Phi) is 4.82. The van der Waals surface area contributed by atoms with Crippen LogP contribution in [0.5, 0.6) is 0 Å². The lowest BCUT2D eigenvalue weighted by Gasteiger charge is -2.16. The lowest BCUT2D eigenvalue weighted by Crippen LogP contribution is -2.14. The summed E-state index contributed by atoms with van der Waals surface area (Å²) in [6.07, 6.45) is 3.47. The fraction of sp³-hybridized carbons (Fsp3) is 0.412. The van der Waals surface area contributed by atoms with Gasteiger partial charge >= 0.3 is 0 Å². The van der Waals surface area contributed by atoms with Gasteiger partial charge in [-0.1, -0.05) is 23.8 Å². The molecule has 0 fully saturated rings. The maximum Gasteiger partial charge on any atom is 0.277 e. The van der Waals surface area contributed by atoms with Crippen molar-refractivity contribution < 1.29 is 13.7 Å². The fourth-order valence-corrected chi connectivity index (χ4v) is 4.60. The van der Waals surface area contributed by atoms with Crippen LogP contribution >= 0.6 is 23.1 Å². The summed E-state index contributed by atoms with van der Waals surface area (Å²) < 4.78 is 10.6. The summed E-state index contributed by atoms with van der Waals surface area (Å²) in [5.74, 6) is 2.24. The SMILES string of the molecule is Cc1cc(NC(=O)CSc2nnc(-c3cc4c(s3)CCC(C)C4)o2)no1. The van der Waals surface area contributed by atoms with Crippen LogP contribution in [0.2, 0.25) is 0 Å². The lowest BCUT2D eigenvalue weighted by atomic mass is 9.90. The summed E-state index contributed by atoms with van der Waals surface area (Å²) in [5.41, 5.74) is 1.40. The standard InChI is InChI=1S/C17H18N4O3S2/c1-9-3-4-12-11(5-9)7-13(26-12)16-19-20-17(23-16)25-8-15(22)18-14-6-10(2)24-21-14/h6-7,9H,3-5,8H2,1-2H3,(H,18,21,22). The van der Waals surface area contributed by atoms with Crippen LogP contribution < -0.4 is 5.32 Å². The minimum absolute atomic E-state index is 0.159. The molecular weight excluding hydrogens is 372 g/mol. The van der Waals surface area contributed by atoms with Gasteiger partial charge in [0, 0.05) is 10.9 Å². The van der Waals surface area contributed by atoms with E-state index < -0.39 is 0 Å². The second-order valence-corrected chi connectivity index (χ2v) is 8.50. The topological polar surface area (TPSA) is 94.1 Å². The van der Waals surface area contributed by atoms with E-state index in [0.717, 1.165) is 23.6 Å². The molecule has 7 nitrogen and oxygen atoms in total. The van der Waals surface area contributed by atoms with Gasteiger partial charge in [-0.2, -0.15) is 0 Å². The van der Waals surface area contributed by atoms with Crippen molar-refractivity contribution in [3.8, 4) is 10.8 Å². The highest BCUT2D eigenvalue weighted by Gasteiger charge is 2.21. The average molecular weight is 390 g/mol. The first kappa shape index (κ1) is 17.3. The van der Waals surface area contributed by atoms with Gasteiger partial charge < -0.3 is 14.3 Å². The van der Waals surface area contributed by atoms with E-state index in [1.807, 2.05) is 0 Å². The number of hydrogen-bond donors (Lipinski definition) is 1. The number of thioether (sulfide) groups is 1. The molecule has 0 spiro atoms. The second kappa shape index (κ2) is 7.24. The third-order valence-electron chi connectivity index (χ3n) is 4.17. The first-order valence-electron chi connectivity index (χ1n) is 8.38. The smallest absolute Gasteiger partial charge is 0.277 e. The van der Waals surface area contributed by atoms with Crippen LogP contribution in [-0.4, -0.2) is 27.0 Å². The molecule has 1 unspecified atom stereocenters. The quantitative estimate of drug-likeness (QED) is 0.659. The molecule has 3 aromatic rings. The Hall–Kier alpha value is -2.13. The maximum absolute atomic E-state index is 11.9. The molecule has 1 atom stereocenters. The largest absolute Gasteiger partial charge is 0.410 e. The van der Waals surface area contributed by atoms with Crippen molar-refractivity contribution in [1.29, 1.82) is 0 Å². The summed E-state index contributed by atoms with van der Waals surface area (Å²) in [5, 5.41) is 14.9. The number of hydrogen-bond acceptors (Lipinski definition) is 8. The van der Waals surface area contributed by atoms with Crippen molar-refractivity contribution in [2.45, 2.75) is 38.3 Å². The number of carbonyl (C=O) groups excluding carboxylic acids is 1. The van der Waals surface area contributed by atoms with Crippen molar-refractivity contribution in [3.05, 3.63) is 28.3 Å². The van der Waals surface area contributed by atoms with Gasteiger partial charge in [-0.25, -0.2) is 0 Å². The zero-order valence-electron chi connectivity index (χ0n) is 14.4. The van der Waals surface area contributed by atoms with Crippen LogP contribution in [0.4, 0.5) is 5.82 Å². The van der Waals surface area contributed by atoms with Crippen LogP contribution in [0.25, 0.3) is 10.8 Å². The van der Waals surface area contributed by atoms with Crippen LogP contribution in [-0.2, 0) is 17.6 Å². The molecule has 0 bridgehead atoms. The minimum atomic E-state index is -0.205. The number of amides is 1. The molecule has 4 rings (SSSR count). The van der Waals surface area contributed by atoms with E-state index in [9.17, 15) is 4.79 Å². The molecule has 9 heteroatoms. The minimum Gasteiger partial charge on any atom is -0.410 e. The monoisotopic (exact) mass is 390 g/mol. The zero-order chi connectivity index (χ0) is 18.1. The van der Waals surface area contributed by atoms with E-state index in [0.29, 0.717) is 22.7 Å². The van der Waals surface area contributed by atoms with E-state index in [1.54, 1.807) is 24.3 Å². The van der Waals surface area contributed by atoms with E-state index in [4.69, 9.17) is 8.94 Å². The number of fused-ring (bicyclic) bond motifs is 1. The molecule has 1 N–H and O–H groups in total. The van der Waals surface area contributed by atoms with Crippen LogP contribution in [0, 0.1) is 12.8 Å². The maximum atomic E-state index is 11.9. The Balaban J connectivity index is 1.37. The van der Waals surface area contributed by atoms with Crippen LogP contribution in [0.15, 0.2) is 26.3 Å². The van der Waals surface area contributed by atoms with Gasteiger partial charge in [0.25, 0.3) is 11.1 Å². The number of nitrogens with zero attached hydrogens (tertiary/aromatic N) is 3. The normalized spacial score (nSPS) is 16.5. The van der Waals surface area contributed by atoms with Crippen molar-refractivity contribution >= 4 is 34.8 Å². The molecule has 136 valence electrons. The van der Waals surface area contributed by atoms with Gasteiger partial charge in [-0.15, -0.1) is 21.5 Å². The summed E-state index contributed by atoms with van der Waals surface area (Å²) in [6.45, 7) is 4.05. The summed E-state index contributed by atoms with van der Waals surface area (Å²) in [6, 6.07) is 3.82. The molecule has 1 aliphatic carbocycles. The number of rotatable bonds is 5. The van der Waals surface area contributed by atoms with Crippen molar-refractivity contribution in [2.75, 3.05) is 11.1 Å². The predicted molar refractivity (Wildman–Crippen MR) is 99.4 cm³/mol. The zero-order valence-corrected chi connectivity index (χ0v) is 16.1. The molecule has 1 aliphatic rings. The molecule has 0 radical (unpaired) electrons. The Morgan fingerprint density at radius 2 is 2.31 bits per heavy atom. The highest BCUT2D eigenvalue weighted by atomic mass is 32.2. The Morgan fingerprint density at radius 1 is 1.42 bits per heavy atom. The van der Waals surface area contributed by atoms with Gasteiger partial charge in [0.15, 0.2) is 5.82 Å². The number of aromatic nitrogens is 3. The molecular formula is C17H18N4O3S2. The Labute approximate surface area is 158 Å². The van der Waals surface area contributed by atoms with Crippen molar-refractivity contribution in [2.24, 2.45) is 5.92 Å². The van der Waals surface area contributed by atoms with Crippen molar-refractivity contribution in [1.82, 2.24) is 15.4 Å². The first-order valence-corrected chi connectivity index (χ1v) is 10.2. The molecule has 1 amide bonds. The predicted octanol–water partition coefficient (Wildman–Crippen LogP) is 3.95. The van der Waals surface area contributed by atoms with E-state index >= 15 is 0 Å². The van der Waals surface area contributed by atoms with Crippen LogP contribution in [0.1, 0.15) is 29.5 Å². The van der Waals surface area contributed by atoms with Gasteiger partial charge in [-0.05, 0) is 43.7 Å². The highest BCUT2D eigenvalue weighted by molar-refractivity contribution is 7.99. The number of aryl methyl sites for hydroxylation is 2.